The number of aromatic nitrogens is 2. The Kier molecular flexibility index (Phi) is 5.28. The summed E-state index contributed by atoms with van der Waals surface area (Å²) in [5, 5.41) is 7.73. The first-order valence-corrected chi connectivity index (χ1v) is 7.77. The first-order valence-electron chi connectivity index (χ1n) is 5.74. The summed E-state index contributed by atoms with van der Waals surface area (Å²) in [5.41, 5.74) is 7.31. The molecule has 5 nitrogen and oxygen atoms in total. The summed E-state index contributed by atoms with van der Waals surface area (Å²) in [6.45, 7) is 4.57. The standard InChI is InChI=1S/C11H20N4OS2/c1-7(18(4)16)5-6-13-11-9(10(12)17)8(2)14-15(11)3/h7,13H,5-6H2,1-4H3,(H2,12,17). The van der Waals surface area contributed by atoms with Gasteiger partial charge in [0.2, 0.25) is 0 Å². The van der Waals surface area contributed by atoms with Gasteiger partial charge in [0.05, 0.1) is 11.3 Å². The minimum absolute atomic E-state index is 0.167. The van der Waals surface area contributed by atoms with Gasteiger partial charge in [0.15, 0.2) is 0 Å². The molecule has 0 aromatic carbocycles. The quantitative estimate of drug-likeness (QED) is 0.762. The van der Waals surface area contributed by atoms with E-state index in [1.54, 1.807) is 10.9 Å². The van der Waals surface area contributed by atoms with E-state index in [1.807, 2.05) is 20.9 Å². The summed E-state index contributed by atoms with van der Waals surface area (Å²) >= 11 is 5.03. The van der Waals surface area contributed by atoms with Crippen molar-refractivity contribution in [2.45, 2.75) is 25.5 Å². The fourth-order valence-electron chi connectivity index (χ4n) is 1.72. The van der Waals surface area contributed by atoms with Crippen molar-refractivity contribution < 1.29 is 4.21 Å². The Balaban J connectivity index is 2.73. The lowest BCUT2D eigenvalue weighted by Crippen LogP contribution is -2.18. The predicted molar refractivity (Wildman–Crippen MR) is 80.5 cm³/mol. The van der Waals surface area contributed by atoms with Crippen LogP contribution < -0.4 is 11.1 Å². The average molecular weight is 288 g/mol. The van der Waals surface area contributed by atoms with Gasteiger partial charge in [-0.05, 0) is 13.3 Å². The molecule has 1 heterocycles. The molecule has 0 aliphatic heterocycles. The zero-order valence-electron chi connectivity index (χ0n) is 11.2. The molecule has 0 radical (unpaired) electrons. The van der Waals surface area contributed by atoms with Crippen molar-refractivity contribution in [1.29, 1.82) is 0 Å². The molecule has 1 rings (SSSR count). The minimum atomic E-state index is -0.795. The van der Waals surface area contributed by atoms with Crippen LogP contribution in [-0.4, -0.2) is 37.0 Å². The van der Waals surface area contributed by atoms with Gasteiger partial charge in [-0.1, -0.05) is 19.1 Å². The van der Waals surface area contributed by atoms with Gasteiger partial charge in [-0.25, -0.2) is 0 Å². The van der Waals surface area contributed by atoms with Gasteiger partial charge >= 0.3 is 0 Å². The molecule has 3 N–H and O–H groups in total. The van der Waals surface area contributed by atoms with Gasteiger partial charge in [0.25, 0.3) is 0 Å². The van der Waals surface area contributed by atoms with Crippen LogP contribution in [0.15, 0.2) is 0 Å². The van der Waals surface area contributed by atoms with E-state index in [-0.39, 0.29) is 5.25 Å². The highest BCUT2D eigenvalue weighted by atomic mass is 32.2. The van der Waals surface area contributed by atoms with Crippen LogP contribution in [0.3, 0.4) is 0 Å². The number of rotatable bonds is 6. The van der Waals surface area contributed by atoms with E-state index in [2.05, 4.69) is 10.4 Å². The summed E-state index contributed by atoms with van der Waals surface area (Å²) in [6, 6.07) is 0. The topological polar surface area (TPSA) is 72.9 Å². The van der Waals surface area contributed by atoms with Gasteiger partial charge in [-0.2, -0.15) is 5.10 Å². The van der Waals surface area contributed by atoms with E-state index in [1.165, 1.54) is 0 Å². The van der Waals surface area contributed by atoms with Crippen LogP contribution in [0.1, 0.15) is 24.6 Å². The molecular weight excluding hydrogens is 268 g/mol. The molecule has 1 aromatic rings. The Morgan fingerprint density at radius 3 is 2.78 bits per heavy atom. The lowest BCUT2D eigenvalue weighted by molar-refractivity contribution is 0.671. The highest BCUT2D eigenvalue weighted by Crippen LogP contribution is 2.18. The van der Waals surface area contributed by atoms with E-state index in [4.69, 9.17) is 18.0 Å². The highest BCUT2D eigenvalue weighted by Gasteiger charge is 2.15. The van der Waals surface area contributed by atoms with Crippen LogP contribution in [0, 0.1) is 6.92 Å². The first kappa shape index (κ1) is 15.1. The number of hydrogen-bond donors (Lipinski definition) is 2. The highest BCUT2D eigenvalue weighted by molar-refractivity contribution is 7.84. The number of nitrogens with two attached hydrogens (primary N) is 1. The van der Waals surface area contributed by atoms with Crippen LogP contribution in [0.5, 0.6) is 0 Å². The number of anilines is 1. The SMILES string of the molecule is Cc1nn(C)c(NCCC(C)S(C)=O)c1C(N)=S. The van der Waals surface area contributed by atoms with Crippen LogP contribution >= 0.6 is 12.2 Å². The maximum absolute atomic E-state index is 11.3. The maximum atomic E-state index is 11.3. The Morgan fingerprint density at radius 2 is 2.28 bits per heavy atom. The molecule has 1 aromatic heterocycles. The molecular formula is C11H20N4OS2. The zero-order valence-corrected chi connectivity index (χ0v) is 12.8. The summed E-state index contributed by atoms with van der Waals surface area (Å²) in [4.78, 5) is 0.343. The summed E-state index contributed by atoms with van der Waals surface area (Å²) in [6.07, 6.45) is 2.55. The molecule has 0 spiro atoms. The number of thiocarbonyl (C=S) groups is 1. The van der Waals surface area contributed by atoms with E-state index in [9.17, 15) is 4.21 Å². The monoisotopic (exact) mass is 288 g/mol. The summed E-state index contributed by atoms with van der Waals surface area (Å²) < 4.78 is 13.0. The van der Waals surface area contributed by atoms with Gasteiger partial charge in [-0.3, -0.25) is 8.89 Å². The fraction of sp³-hybridized carbons (Fsp3) is 0.636. The van der Waals surface area contributed by atoms with Crippen molar-refractivity contribution in [3.63, 3.8) is 0 Å². The van der Waals surface area contributed by atoms with E-state index < -0.39 is 10.8 Å². The van der Waals surface area contributed by atoms with E-state index in [0.717, 1.165) is 30.0 Å². The van der Waals surface area contributed by atoms with Gasteiger partial charge in [-0.15, -0.1) is 0 Å². The second kappa shape index (κ2) is 6.29. The van der Waals surface area contributed by atoms with Crippen LogP contribution in [0.2, 0.25) is 0 Å². The Labute approximate surface area is 116 Å². The molecule has 2 atom stereocenters. The van der Waals surface area contributed by atoms with Crippen molar-refractivity contribution in [3.05, 3.63) is 11.3 Å². The maximum Gasteiger partial charge on any atom is 0.134 e. The normalized spacial score (nSPS) is 14.2. The second-order valence-electron chi connectivity index (χ2n) is 4.32. The predicted octanol–water partition coefficient (Wildman–Crippen LogP) is 0.932. The number of nitrogens with zero attached hydrogens (tertiary/aromatic N) is 2. The van der Waals surface area contributed by atoms with Crippen molar-refractivity contribution in [1.82, 2.24) is 9.78 Å². The minimum Gasteiger partial charge on any atom is -0.389 e. The number of hydrogen-bond acceptors (Lipinski definition) is 4. The molecule has 18 heavy (non-hydrogen) atoms. The third kappa shape index (κ3) is 3.52. The van der Waals surface area contributed by atoms with Crippen molar-refractivity contribution in [2.75, 3.05) is 18.1 Å². The average Bonchev–Trinajstić information content (AvgIpc) is 2.53. The Hall–Kier alpha value is -0.950. The molecule has 0 saturated carbocycles. The number of aryl methyl sites for hydroxylation is 2. The van der Waals surface area contributed by atoms with Crippen molar-refractivity contribution in [3.8, 4) is 0 Å². The molecule has 0 saturated heterocycles. The molecule has 0 fully saturated rings. The van der Waals surface area contributed by atoms with E-state index >= 15 is 0 Å². The smallest absolute Gasteiger partial charge is 0.134 e. The zero-order chi connectivity index (χ0) is 13.9. The van der Waals surface area contributed by atoms with Gasteiger partial charge in [0.1, 0.15) is 10.8 Å². The molecule has 0 aliphatic rings. The van der Waals surface area contributed by atoms with Crippen LogP contribution in [-0.2, 0) is 17.8 Å². The van der Waals surface area contributed by atoms with Crippen LogP contribution in [0.4, 0.5) is 5.82 Å². The third-order valence-electron chi connectivity index (χ3n) is 2.88. The van der Waals surface area contributed by atoms with E-state index in [0.29, 0.717) is 4.99 Å². The van der Waals surface area contributed by atoms with Gasteiger partial charge in [0, 0.05) is 35.9 Å². The summed E-state index contributed by atoms with van der Waals surface area (Å²) in [7, 11) is 1.05. The molecule has 2 unspecified atom stereocenters. The van der Waals surface area contributed by atoms with Crippen LogP contribution in [0.25, 0.3) is 0 Å². The molecule has 0 bridgehead atoms. The van der Waals surface area contributed by atoms with Crippen molar-refractivity contribution >= 4 is 33.8 Å². The first-order chi connectivity index (χ1) is 8.34. The molecule has 7 heteroatoms. The Bertz CT molecular complexity index is 470. The largest absolute Gasteiger partial charge is 0.389 e. The third-order valence-corrected chi connectivity index (χ3v) is 4.45. The Morgan fingerprint density at radius 1 is 1.67 bits per heavy atom. The molecule has 102 valence electrons. The second-order valence-corrected chi connectivity index (χ2v) is 6.56. The fourth-order valence-corrected chi connectivity index (χ4v) is 2.41. The lowest BCUT2D eigenvalue weighted by Gasteiger charge is -2.11. The molecule has 0 amide bonds. The number of nitrogens with one attached hydrogen (secondary N) is 1. The summed E-state index contributed by atoms with van der Waals surface area (Å²) in [5.74, 6) is 0.828. The lowest BCUT2D eigenvalue weighted by atomic mass is 10.2. The van der Waals surface area contributed by atoms with Crippen molar-refractivity contribution in [2.24, 2.45) is 12.8 Å². The van der Waals surface area contributed by atoms with Gasteiger partial charge < -0.3 is 11.1 Å². The molecule has 0 aliphatic carbocycles.